The molecule has 1 amide bonds. The van der Waals surface area contributed by atoms with Gasteiger partial charge in [0.15, 0.2) is 6.10 Å². The number of ether oxygens (including phenoxy) is 1. The van der Waals surface area contributed by atoms with Crippen LogP contribution in [0.3, 0.4) is 0 Å². The van der Waals surface area contributed by atoms with Gasteiger partial charge in [0, 0.05) is 5.69 Å². The predicted molar refractivity (Wildman–Crippen MR) is 81.0 cm³/mol. The molecule has 1 aromatic heterocycles. The average molecular weight is 340 g/mol. The van der Waals surface area contributed by atoms with Crippen LogP contribution in [0.1, 0.15) is 6.92 Å². The summed E-state index contributed by atoms with van der Waals surface area (Å²) in [6, 6.07) is 6.47. The molecule has 23 heavy (non-hydrogen) atoms. The van der Waals surface area contributed by atoms with Crippen LogP contribution in [0, 0.1) is 15.9 Å². The first-order chi connectivity index (χ1) is 10.9. The number of rotatable bonds is 5. The second-order valence-electron chi connectivity index (χ2n) is 4.46. The largest absolute Gasteiger partial charge is 0.473 e. The van der Waals surface area contributed by atoms with E-state index in [2.05, 4.69) is 10.3 Å². The predicted octanol–water partition coefficient (Wildman–Crippen LogP) is 3.19. The van der Waals surface area contributed by atoms with E-state index in [9.17, 15) is 19.3 Å². The lowest BCUT2D eigenvalue weighted by Crippen LogP contribution is -2.30. The quantitative estimate of drug-likeness (QED) is 0.666. The van der Waals surface area contributed by atoms with Gasteiger partial charge in [-0.3, -0.25) is 4.79 Å². The molecule has 2 aromatic rings. The van der Waals surface area contributed by atoms with E-state index in [1.165, 1.54) is 37.4 Å². The summed E-state index contributed by atoms with van der Waals surface area (Å²) in [7, 11) is 0. The lowest BCUT2D eigenvalue weighted by atomic mass is 10.3. The van der Waals surface area contributed by atoms with Crippen LogP contribution in [0.15, 0.2) is 36.5 Å². The summed E-state index contributed by atoms with van der Waals surface area (Å²) in [4.78, 5) is 25.7. The zero-order chi connectivity index (χ0) is 17.0. The number of aromatic nitrogens is 1. The molecule has 0 fully saturated rings. The van der Waals surface area contributed by atoms with E-state index >= 15 is 0 Å². The van der Waals surface area contributed by atoms with Crippen molar-refractivity contribution >= 4 is 29.0 Å². The Morgan fingerprint density at radius 2 is 2.22 bits per heavy atom. The van der Waals surface area contributed by atoms with Gasteiger partial charge in [0.05, 0.1) is 5.02 Å². The van der Waals surface area contributed by atoms with E-state index in [1.54, 1.807) is 0 Å². The first-order valence-corrected chi connectivity index (χ1v) is 6.78. The highest BCUT2D eigenvalue weighted by molar-refractivity contribution is 6.31. The number of halogens is 2. The SMILES string of the molecule is CC(Oc1cccnc1[N+](=O)[O-])C(=O)Nc1ccc(F)c(Cl)c1. The van der Waals surface area contributed by atoms with Crippen LogP contribution in [0.25, 0.3) is 0 Å². The van der Waals surface area contributed by atoms with Crippen molar-refractivity contribution < 1.29 is 18.8 Å². The topological polar surface area (TPSA) is 94.4 Å². The molecule has 0 aliphatic rings. The number of pyridine rings is 1. The molecule has 2 rings (SSSR count). The Morgan fingerprint density at radius 3 is 2.87 bits per heavy atom. The van der Waals surface area contributed by atoms with Crippen LogP contribution in [-0.4, -0.2) is 21.9 Å². The third-order valence-electron chi connectivity index (χ3n) is 2.78. The minimum Gasteiger partial charge on any atom is -0.473 e. The fourth-order valence-electron chi connectivity index (χ4n) is 1.67. The zero-order valence-electron chi connectivity index (χ0n) is 11.8. The molecule has 1 N–H and O–H groups in total. The first-order valence-electron chi connectivity index (χ1n) is 6.40. The van der Waals surface area contributed by atoms with Gasteiger partial charge in [0.2, 0.25) is 5.75 Å². The van der Waals surface area contributed by atoms with Crippen LogP contribution in [0.5, 0.6) is 5.75 Å². The van der Waals surface area contributed by atoms with Crippen LogP contribution < -0.4 is 10.1 Å². The molecule has 120 valence electrons. The molecule has 0 bridgehead atoms. The van der Waals surface area contributed by atoms with Gasteiger partial charge < -0.3 is 20.2 Å². The number of hydrogen-bond acceptors (Lipinski definition) is 5. The summed E-state index contributed by atoms with van der Waals surface area (Å²) < 4.78 is 18.3. The summed E-state index contributed by atoms with van der Waals surface area (Å²) in [5, 5.41) is 13.2. The molecule has 0 spiro atoms. The number of hydrogen-bond donors (Lipinski definition) is 1. The van der Waals surface area contributed by atoms with Crippen molar-refractivity contribution in [3.63, 3.8) is 0 Å². The Morgan fingerprint density at radius 1 is 1.48 bits per heavy atom. The number of anilines is 1. The molecule has 0 saturated carbocycles. The maximum Gasteiger partial charge on any atom is 0.406 e. The Kier molecular flexibility index (Phi) is 5.07. The normalized spacial score (nSPS) is 11.6. The fraction of sp³-hybridized carbons (Fsp3) is 0.143. The summed E-state index contributed by atoms with van der Waals surface area (Å²) in [5.74, 6) is -1.81. The number of nitro groups is 1. The van der Waals surface area contributed by atoms with Gasteiger partial charge in [-0.2, -0.15) is 0 Å². The Labute approximate surface area is 135 Å². The molecule has 1 aromatic carbocycles. The van der Waals surface area contributed by atoms with Crippen LogP contribution in [-0.2, 0) is 4.79 Å². The minimum absolute atomic E-state index is 0.128. The van der Waals surface area contributed by atoms with E-state index in [-0.39, 0.29) is 16.5 Å². The number of benzene rings is 1. The zero-order valence-corrected chi connectivity index (χ0v) is 12.6. The van der Waals surface area contributed by atoms with Crippen molar-refractivity contribution in [1.29, 1.82) is 0 Å². The molecule has 1 heterocycles. The molecule has 0 aliphatic carbocycles. The Balaban J connectivity index is 2.08. The van der Waals surface area contributed by atoms with Gasteiger partial charge in [-0.15, -0.1) is 0 Å². The molecule has 1 atom stereocenters. The lowest BCUT2D eigenvalue weighted by molar-refractivity contribution is -0.390. The van der Waals surface area contributed by atoms with E-state index < -0.39 is 28.6 Å². The second kappa shape index (κ2) is 7.01. The van der Waals surface area contributed by atoms with Gasteiger partial charge >= 0.3 is 5.82 Å². The van der Waals surface area contributed by atoms with Crippen molar-refractivity contribution in [2.45, 2.75) is 13.0 Å². The monoisotopic (exact) mass is 339 g/mol. The maximum absolute atomic E-state index is 13.1. The highest BCUT2D eigenvalue weighted by Gasteiger charge is 2.22. The molecule has 1 unspecified atom stereocenters. The summed E-state index contributed by atoms with van der Waals surface area (Å²) in [6.45, 7) is 1.41. The molecule has 7 nitrogen and oxygen atoms in total. The second-order valence-corrected chi connectivity index (χ2v) is 4.87. The smallest absolute Gasteiger partial charge is 0.406 e. The van der Waals surface area contributed by atoms with Crippen molar-refractivity contribution in [3.05, 3.63) is 57.5 Å². The maximum atomic E-state index is 13.1. The average Bonchev–Trinajstić information content (AvgIpc) is 2.51. The van der Waals surface area contributed by atoms with Gasteiger partial charge in [-0.05, 0) is 47.2 Å². The van der Waals surface area contributed by atoms with Crippen molar-refractivity contribution in [1.82, 2.24) is 4.98 Å². The summed E-state index contributed by atoms with van der Waals surface area (Å²) in [6.07, 6.45) is 0.206. The lowest BCUT2D eigenvalue weighted by Gasteiger charge is -2.14. The van der Waals surface area contributed by atoms with E-state index in [0.29, 0.717) is 0 Å². The molecule has 9 heteroatoms. The third-order valence-corrected chi connectivity index (χ3v) is 3.07. The fourth-order valence-corrected chi connectivity index (χ4v) is 1.85. The first kappa shape index (κ1) is 16.6. The van der Waals surface area contributed by atoms with Gasteiger partial charge in [-0.1, -0.05) is 11.6 Å². The summed E-state index contributed by atoms with van der Waals surface area (Å²) >= 11 is 5.62. The number of carbonyl (C=O) groups excluding carboxylic acids is 1. The number of nitrogens with one attached hydrogen (secondary N) is 1. The molecular weight excluding hydrogens is 329 g/mol. The van der Waals surface area contributed by atoms with E-state index in [0.717, 1.165) is 6.07 Å². The standard InChI is InChI=1S/C14H11ClFN3O4/c1-8(23-12-3-2-6-17-13(12)19(21)22)14(20)18-9-4-5-11(16)10(15)7-9/h2-8H,1H3,(H,18,20). The Bertz CT molecular complexity index is 757. The molecule has 0 aliphatic heterocycles. The van der Waals surface area contributed by atoms with Crippen LogP contribution in [0.2, 0.25) is 5.02 Å². The van der Waals surface area contributed by atoms with Gasteiger partial charge in [0.25, 0.3) is 5.91 Å². The van der Waals surface area contributed by atoms with Gasteiger partial charge in [-0.25, -0.2) is 4.39 Å². The number of nitrogens with zero attached hydrogens (tertiary/aromatic N) is 2. The number of carbonyl (C=O) groups is 1. The molecule has 0 saturated heterocycles. The van der Waals surface area contributed by atoms with E-state index in [4.69, 9.17) is 16.3 Å². The number of amides is 1. The molecule has 0 radical (unpaired) electrons. The third kappa shape index (κ3) is 4.13. The van der Waals surface area contributed by atoms with Crippen molar-refractivity contribution in [2.24, 2.45) is 0 Å². The highest BCUT2D eigenvalue weighted by Crippen LogP contribution is 2.24. The molecular formula is C14H11ClFN3O4. The minimum atomic E-state index is -1.04. The van der Waals surface area contributed by atoms with Crippen molar-refractivity contribution in [2.75, 3.05) is 5.32 Å². The van der Waals surface area contributed by atoms with Gasteiger partial charge in [0.1, 0.15) is 12.0 Å². The van der Waals surface area contributed by atoms with Crippen LogP contribution in [0.4, 0.5) is 15.9 Å². The van der Waals surface area contributed by atoms with Crippen molar-refractivity contribution in [3.8, 4) is 5.75 Å². The summed E-state index contributed by atoms with van der Waals surface area (Å²) in [5.41, 5.74) is 0.275. The van der Waals surface area contributed by atoms with E-state index in [1.807, 2.05) is 0 Å². The Hall–Kier alpha value is -2.74. The highest BCUT2D eigenvalue weighted by atomic mass is 35.5. The van der Waals surface area contributed by atoms with Crippen LogP contribution >= 0.6 is 11.6 Å².